The maximum absolute atomic E-state index is 12.0. The van der Waals surface area contributed by atoms with Crippen LogP contribution in [0.3, 0.4) is 0 Å². The van der Waals surface area contributed by atoms with Crippen LogP contribution < -0.4 is 4.74 Å². The van der Waals surface area contributed by atoms with E-state index in [1.165, 1.54) is 5.56 Å². The van der Waals surface area contributed by atoms with Crippen molar-refractivity contribution in [2.45, 2.75) is 89.7 Å². The Morgan fingerprint density at radius 3 is 2.28 bits per heavy atom. The molecule has 0 radical (unpaired) electrons. The van der Waals surface area contributed by atoms with Gasteiger partial charge < -0.3 is 34.6 Å². The highest BCUT2D eigenvalue weighted by Crippen LogP contribution is 2.29. The molecule has 1 heterocycles. The van der Waals surface area contributed by atoms with Crippen LogP contribution in [0.2, 0.25) is 0 Å². The SMILES string of the molecule is CCCCCC(=O)OC[C@H]1OC(Oc2cc(CO)ccc2Cc2ccc(CC)cc2)[C@H](O)[C@@H](O)[C@@H]1O. The molecule has 1 unspecified atom stereocenters. The number of carbonyl (C=O) groups is 1. The summed E-state index contributed by atoms with van der Waals surface area (Å²) in [5, 5.41) is 41.0. The molecule has 198 valence electrons. The van der Waals surface area contributed by atoms with Gasteiger partial charge in [0, 0.05) is 12.8 Å². The van der Waals surface area contributed by atoms with Gasteiger partial charge in [-0.2, -0.15) is 0 Å². The van der Waals surface area contributed by atoms with Gasteiger partial charge in [-0.15, -0.1) is 0 Å². The molecule has 4 N–H and O–H groups in total. The molecule has 2 aromatic carbocycles. The summed E-state index contributed by atoms with van der Waals surface area (Å²) in [4.78, 5) is 12.0. The summed E-state index contributed by atoms with van der Waals surface area (Å²) in [6, 6.07) is 13.5. The van der Waals surface area contributed by atoms with Crippen molar-refractivity contribution in [1.82, 2.24) is 0 Å². The Bertz CT molecular complexity index is 961. The van der Waals surface area contributed by atoms with Crippen molar-refractivity contribution in [1.29, 1.82) is 0 Å². The first-order chi connectivity index (χ1) is 17.4. The van der Waals surface area contributed by atoms with Gasteiger partial charge in [-0.05, 0) is 41.2 Å². The van der Waals surface area contributed by atoms with Gasteiger partial charge in [-0.1, -0.05) is 63.1 Å². The zero-order valence-electron chi connectivity index (χ0n) is 21.0. The van der Waals surface area contributed by atoms with E-state index in [9.17, 15) is 25.2 Å². The monoisotopic (exact) mass is 502 g/mol. The predicted molar refractivity (Wildman–Crippen MR) is 133 cm³/mol. The third-order valence-electron chi connectivity index (χ3n) is 6.44. The molecule has 0 aliphatic carbocycles. The van der Waals surface area contributed by atoms with Gasteiger partial charge in [0.1, 0.15) is 36.8 Å². The number of aryl methyl sites for hydroxylation is 1. The third-order valence-corrected chi connectivity index (χ3v) is 6.44. The molecule has 0 bridgehead atoms. The van der Waals surface area contributed by atoms with E-state index in [-0.39, 0.29) is 19.6 Å². The number of unbranched alkanes of at least 4 members (excludes halogenated alkanes) is 2. The average molecular weight is 503 g/mol. The predicted octanol–water partition coefficient (Wildman–Crippen LogP) is 2.64. The van der Waals surface area contributed by atoms with Crippen LogP contribution in [0.1, 0.15) is 61.8 Å². The maximum atomic E-state index is 12.0. The van der Waals surface area contributed by atoms with Gasteiger partial charge in [0.25, 0.3) is 0 Å². The van der Waals surface area contributed by atoms with Gasteiger partial charge in [-0.25, -0.2) is 0 Å². The van der Waals surface area contributed by atoms with Gasteiger partial charge in [0.2, 0.25) is 6.29 Å². The van der Waals surface area contributed by atoms with E-state index in [1.54, 1.807) is 12.1 Å². The minimum atomic E-state index is -1.56. The first-order valence-corrected chi connectivity index (χ1v) is 12.7. The van der Waals surface area contributed by atoms with E-state index in [1.807, 2.05) is 25.1 Å². The normalized spacial score (nSPS) is 23.9. The van der Waals surface area contributed by atoms with Crippen LogP contribution in [-0.4, -0.2) is 63.7 Å². The van der Waals surface area contributed by atoms with E-state index in [0.717, 1.165) is 30.4 Å². The molecule has 0 aromatic heterocycles. The molecular formula is C28H38O8. The zero-order chi connectivity index (χ0) is 26.1. The summed E-state index contributed by atoms with van der Waals surface area (Å²) in [5.41, 5.74) is 3.70. The number of ether oxygens (including phenoxy) is 3. The number of carbonyl (C=O) groups excluding carboxylic acids is 1. The highest BCUT2D eigenvalue weighted by atomic mass is 16.7. The Hall–Kier alpha value is -2.49. The van der Waals surface area contributed by atoms with Crippen molar-refractivity contribution in [3.05, 3.63) is 64.7 Å². The van der Waals surface area contributed by atoms with Crippen molar-refractivity contribution < 1.29 is 39.4 Å². The van der Waals surface area contributed by atoms with Gasteiger partial charge >= 0.3 is 5.97 Å². The molecule has 1 saturated heterocycles. The molecule has 8 heteroatoms. The maximum Gasteiger partial charge on any atom is 0.305 e. The van der Waals surface area contributed by atoms with Crippen LogP contribution >= 0.6 is 0 Å². The van der Waals surface area contributed by atoms with E-state index in [4.69, 9.17) is 14.2 Å². The van der Waals surface area contributed by atoms with Gasteiger partial charge in [0.05, 0.1) is 6.61 Å². The van der Waals surface area contributed by atoms with Crippen molar-refractivity contribution in [3.8, 4) is 5.75 Å². The van der Waals surface area contributed by atoms with Crippen LogP contribution in [0.5, 0.6) is 5.75 Å². The van der Waals surface area contributed by atoms with Crippen molar-refractivity contribution in [2.24, 2.45) is 0 Å². The lowest BCUT2D eigenvalue weighted by molar-refractivity contribution is -0.278. The lowest BCUT2D eigenvalue weighted by atomic mass is 9.98. The second kappa shape index (κ2) is 13.7. The Labute approximate surface area is 212 Å². The van der Waals surface area contributed by atoms with E-state index in [2.05, 4.69) is 19.1 Å². The summed E-state index contributed by atoms with van der Waals surface area (Å²) >= 11 is 0. The Morgan fingerprint density at radius 2 is 1.61 bits per heavy atom. The molecule has 1 aliphatic rings. The molecule has 1 fully saturated rings. The lowest BCUT2D eigenvalue weighted by Gasteiger charge is -2.40. The van der Waals surface area contributed by atoms with Crippen LogP contribution in [0, 0.1) is 0 Å². The van der Waals surface area contributed by atoms with Crippen LogP contribution in [0.4, 0.5) is 0 Å². The zero-order valence-corrected chi connectivity index (χ0v) is 21.0. The fourth-order valence-corrected chi connectivity index (χ4v) is 4.11. The largest absolute Gasteiger partial charge is 0.463 e. The summed E-state index contributed by atoms with van der Waals surface area (Å²) < 4.78 is 17.0. The Balaban J connectivity index is 1.73. The third kappa shape index (κ3) is 7.51. The van der Waals surface area contributed by atoms with E-state index >= 15 is 0 Å². The number of aliphatic hydroxyl groups is 4. The standard InChI is InChI=1S/C28H38O8/c1-3-5-6-7-24(30)34-17-23-25(31)26(32)27(33)28(36-23)35-22-15-20(16-29)12-13-21(22)14-19-10-8-18(4-2)9-11-19/h8-13,15,23,25-29,31-33H,3-7,14,16-17H2,1-2H3/t23-,25-,26+,27-,28?/m1/s1. The molecule has 2 aromatic rings. The lowest BCUT2D eigenvalue weighted by Crippen LogP contribution is -2.60. The summed E-state index contributed by atoms with van der Waals surface area (Å²) in [6.45, 7) is 3.65. The van der Waals surface area contributed by atoms with E-state index < -0.39 is 36.7 Å². The summed E-state index contributed by atoms with van der Waals surface area (Å²) in [7, 11) is 0. The molecule has 1 aliphatic heterocycles. The quantitative estimate of drug-likeness (QED) is 0.258. The molecule has 0 spiro atoms. The highest BCUT2D eigenvalue weighted by molar-refractivity contribution is 5.69. The number of aliphatic hydroxyl groups excluding tert-OH is 4. The molecule has 3 rings (SSSR count). The molecule has 5 atom stereocenters. The van der Waals surface area contributed by atoms with Crippen LogP contribution in [-0.2, 0) is 33.7 Å². The Morgan fingerprint density at radius 1 is 0.917 bits per heavy atom. The molecule has 8 nitrogen and oxygen atoms in total. The summed E-state index contributed by atoms with van der Waals surface area (Å²) in [5.74, 6) is -0.0339. The molecule has 0 amide bonds. The summed E-state index contributed by atoms with van der Waals surface area (Å²) in [6.07, 6.45) is -2.59. The number of hydrogen-bond acceptors (Lipinski definition) is 8. The second-order valence-electron chi connectivity index (χ2n) is 9.22. The van der Waals surface area contributed by atoms with E-state index in [0.29, 0.717) is 24.2 Å². The Kier molecular flexibility index (Phi) is 10.7. The minimum Gasteiger partial charge on any atom is -0.463 e. The van der Waals surface area contributed by atoms with Crippen LogP contribution in [0.15, 0.2) is 42.5 Å². The van der Waals surface area contributed by atoms with Gasteiger partial charge in [-0.3, -0.25) is 4.79 Å². The first-order valence-electron chi connectivity index (χ1n) is 12.7. The van der Waals surface area contributed by atoms with Crippen molar-refractivity contribution >= 4 is 5.97 Å². The van der Waals surface area contributed by atoms with Crippen molar-refractivity contribution in [3.63, 3.8) is 0 Å². The average Bonchev–Trinajstić information content (AvgIpc) is 2.89. The fourth-order valence-electron chi connectivity index (χ4n) is 4.11. The van der Waals surface area contributed by atoms with Gasteiger partial charge in [0.15, 0.2) is 0 Å². The number of hydrogen-bond donors (Lipinski definition) is 4. The fraction of sp³-hybridized carbons (Fsp3) is 0.536. The topological polar surface area (TPSA) is 126 Å². The van der Waals surface area contributed by atoms with Crippen LogP contribution in [0.25, 0.3) is 0 Å². The number of rotatable bonds is 12. The van der Waals surface area contributed by atoms with Crippen molar-refractivity contribution in [2.75, 3.05) is 6.61 Å². The smallest absolute Gasteiger partial charge is 0.305 e. The first kappa shape index (κ1) is 28.1. The number of esters is 1. The number of benzene rings is 2. The molecule has 36 heavy (non-hydrogen) atoms. The molecule has 0 saturated carbocycles. The molecular weight excluding hydrogens is 464 g/mol. The minimum absolute atomic E-state index is 0.201. The highest BCUT2D eigenvalue weighted by Gasteiger charge is 2.45. The second-order valence-corrected chi connectivity index (χ2v) is 9.22.